The van der Waals surface area contributed by atoms with Gasteiger partial charge in [0.05, 0.1) is 11.2 Å². The molecule has 0 saturated heterocycles. The molecule has 2 rings (SSSR count). The van der Waals surface area contributed by atoms with Crippen LogP contribution in [0.15, 0.2) is 24.3 Å². The van der Waals surface area contributed by atoms with Crippen molar-refractivity contribution < 1.29 is 0 Å². The number of aromatic nitrogens is 1. The van der Waals surface area contributed by atoms with Crippen molar-refractivity contribution in [3.05, 3.63) is 30.0 Å². The molecule has 68 valence electrons. The first-order valence-corrected chi connectivity index (χ1v) is 4.38. The lowest BCUT2D eigenvalue weighted by Crippen LogP contribution is -2.11. The van der Waals surface area contributed by atoms with E-state index in [1.54, 1.807) is 4.68 Å². The number of para-hydroxylation sites is 1. The Balaban J connectivity index is 2.85. The van der Waals surface area contributed by atoms with Crippen LogP contribution in [0.3, 0.4) is 0 Å². The molecule has 2 aromatic rings. The predicted molar refractivity (Wildman–Crippen MR) is 55.9 cm³/mol. The first-order chi connectivity index (χ1) is 6.24. The molecule has 4 N–H and O–H groups in total. The fourth-order valence-electron chi connectivity index (χ4n) is 1.64. The van der Waals surface area contributed by atoms with Gasteiger partial charge in [0, 0.05) is 11.1 Å². The maximum Gasteiger partial charge on any atom is 0.0922 e. The SMILES string of the molecule is CCc1cc2cccc(N)c2n1N. The largest absolute Gasteiger partial charge is 0.397 e. The lowest BCUT2D eigenvalue weighted by atomic mass is 10.2. The van der Waals surface area contributed by atoms with Gasteiger partial charge >= 0.3 is 0 Å². The van der Waals surface area contributed by atoms with Gasteiger partial charge in [0.2, 0.25) is 0 Å². The van der Waals surface area contributed by atoms with Crippen molar-refractivity contribution in [2.45, 2.75) is 13.3 Å². The molecule has 3 nitrogen and oxygen atoms in total. The maximum atomic E-state index is 5.89. The van der Waals surface area contributed by atoms with Gasteiger partial charge in [-0.1, -0.05) is 19.1 Å². The van der Waals surface area contributed by atoms with Gasteiger partial charge in [-0.05, 0) is 18.6 Å². The Morgan fingerprint density at radius 1 is 1.38 bits per heavy atom. The molecule has 0 aliphatic heterocycles. The summed E-state index contributed by atoms with van der Waals surface area (Å²) in [4.78, 5) is 0. The molecule has 13 heavy (non-hydrogen) atoms. The van der Waals surface area contributed by atoms with E-state index in [9.17, 15) is 0 Å². The molecule has 1 heterocycles. The van der Waals surface area contributed by atoms with Crippen molar-refractivity contribution in [2.24, 2.45) is 0 Å². The van der Waals surface area contributed by atoms with E-state index in [0.29, 0.717) is 0 Å². The normalized spacial score (nSPS) is 10.8. The van der Waals surface area contributed by atoms with Gasteiger partial charge in [-0.25, -0.2) is 0 Å². The second kappa shape index (κ2) is 2.69. The Bertz CT molecular complexity index is 443. The summed E-state index contributed by atoms with van der Waals surface area (Å²) in [6.45, 7) is 2.08. The molecule has 0 fully saturated rings. The minimum atomic E-state index is 0.736. The fourth-order valence-corrected chi connectivity index (χ4v) is 1.64. The second-order valence-corrected chi connectivity index (χ2v) is 3.14. The molecule has 1 aromatic carbocycles. The average Bonchev–Trinajstić information content (AvgIpc) is 2.44. The van der Waals surface area contributed by atoms with Gasteiger partial charge in [0.25, 0.3) is 0 Å². The highest BCUT2D eigenvalue weighted by Crippen LogP contribution is 2.23. The Hall–Kier alpha value is -1.64. The second-order valence-electron chi connectivity index (χ2n) is 3.14. The van der Waals surface area contributed by atoms with E-state index >= 15 is 0 Å². The maximum absolute atomic E-state index is 5.89. The summed E-state index contributed by atoms with van der Waals surface area (Å²) < 4.78 is 1.67. The zero-order chi connectivity index (χ0) is 9.42. The lowest BCUT2D eigenvalue weighted by Gasteiger charge is -2.02. The number of benzene rings is 1. The summed E-state index contributed by atoms with van der Waals surface area (Å²) in [5.74, 6) is 5.89. The van der Waals surface area contributed by atoms with Crippen LogP contribution in [0, 0.1) is 0 Å². The van der Waals surface area contributed by atoms with Crippen LogP contribution in [-0.2, 0) is 6.42 Å². The van der Waals surface area contributed by atoms with Crippen molar-refractivity contribution in [1.82, 2.24) is 4.68 Å². The smallest absolute Gasteiger partial charge is 0.0922 e. The fraction of sp³-hybridized carbons (Fsp3) is 0.200. The van der Waals surface area contributed by atoms with E-state index < -0.39 is 0 Å². The molecule has 0 aliphatic carbocycles. The van der Waals surface area contributed by atoms with Crippen LogP contribution >= 0.6 is 0 Å². The Kier molecular flexibility index (Phi) is 1.65. The Morgan fingerprint density at radius 2 is 2.15 bits per heavy atom. The molecule has 0 bridgehead atoms. The van der Waals surface area contributed by atoms with Crippen LogP contribution in [0.4, 0.5) is 5.69 Å². The highest BCUT2D eigenvalue weighted by atomic mass is 15.3. The highest BCUT2D eigenvalue weighted by Gasteiger charge is 2.06. The minimum Gasteiger partial charge on any atom is -0.397 e. The molecule has 1 aromatic heterocycles. The molecule has 0 aliphatic rings. The molecule has 0 spiro atoms. The summed E-state index contributed by atoms with van der Waals surface area (Å²) in [6, 6.07) is 7.90. The Labute approximate surface area is 76.9 Å². The molecule has 3 heteroatoms. The number of rotatable bonds is 1. The third-order valence-electron chi connectivity index (χ3n) is 2.33. The number of hydrogen-bond acceptors (Lipinski definition) is 2. The summed E-state index contributed by atoms with van der Waals surface area (Å²) in [5, 5.41) is 1.11. The van der Waals surface area contributed by atoms with Crippen LogP contribution in [0.5, 0.6) is 0 Å². The monoisotopic (exact) mass is 175 g/mol. The van der Waals surface area contributed by atoms with E-state index in [2.05, 4.69) is 13.0 Å². The minimum absolute atomic E-state index is 0.736. The summed E-state index contributed by atoms with van der Waals surface area (Å²) in [7, 11) is 0. The standard InChI is InChI=1S/C10H13N3/c1-2-8-6-7-4-3-5-9(11)10(7)13(8)12/h3-6H,2,11-12H2,1H3. The van der Waals surface area contributed by atoms with Gasteiger partial charge in [-0.2, -0.15) is 0 Å². The Morgan fingerprint density at radius 3 is 2.77 bits per heavy atom. The third kappa shape index (κ3) is 1.04. The topological polar surface area (TPSA) is 57.0 Å². The summed E-state index contributed by atoms with van der Waals surface area (Å²) >= 11 is 0. The van der Waals surface area contributed by atoms with Crippen LogP contribution in [0.2, 0.25) is 0 Å². The number of anilines is 1. The number of nitrogens with zero attached hydrogens (tertiary/aromatic N) is 1. The van der Waals surface area contributed by atoms with Crippen LogP contribution < -0.4 is 11.6 Å². The highest BCUT2D eigenvalue weighted by molar-refractivity contribution is 5.91. The molecule has 0 atom stereocenters. The van der Waals surface area contributed by atoms with E-state index in [0.717, 1.165) is 28.7 Å². The van der Waals surface area contributed by atoms with Gasteiger partial charge in [-0.3, -0.25) is 4.68 Å². The van der Waals surface area contributed by atoms with E-state index in [4.69, 9.17) is 11.6 Å². The zero-order valence-corrected chi connectivity index (χ0v) is 7.62. The molecule has 0 radical (unpaired) electrons. The van der Waals surface area contributed by atoms with Crippen molar-refractivity contribution in [3.63, 3.8) is 0 Å². The number of nitrogen functional groups attached to an aromatic ring is 2. The molecular formula is C10H13N3. The summed E-state index contributed by atoms with van der Waals surface area (Å²) in [6.07, 6.45) is 0.921. The number of fused-ring (bicyclic) bond motifs is 1. The van der Waals surface area contributed by atoms with Crippen molar-refractivity contribution in [3.8, 4) is 0 Å². The number of nitrogens with two attached hydrogens (primary N) is 2. The van der Waals surface area contributed by atoms with Gasteiger partial charge in [0.1, 0.15) is 0 Å². The molecule has 0 saturated carbocycles. The van der Waals surface area contributed by atoms with Crippen molar-refractivity contribution >= 4 is 16.6 Å². The number of aryl methyl sites for hydroxylation is 1. The van der Waals surface area contributed by atoms with Crippen LogP contribution in [0.1, 0.15) is 12.6 Å². The van der Waals surface area contributed by atoms with Crippen molar-refractivity contribution in [2.75, 3.05) is 11.6 Å². The third-order valence-corrected chi connectivity index (χ3v) is 2.33. The zero-order valence-electron chi connectivity index (χ0n) is 7.62. The van der Waals surface area contributed by atoms with E-state index in [1.807, 2.05) is 18.2 Å². The van der Waals surface area contributed by atoms with Gasteiger partial charge in [-0.15, -0.1) is 0 Å². The summed E-state index contributed by atoms with van der Waals surface area (Å²) in [5.41, 5.74) is 8.59. The van der Waals surface area contributed by atoms with E-state index in [-0.39, 0.29) is 0 Å². The molecular weight excluding hydrogens is 162 g/mol. The lowest BCUT2D eigenvalue weighted by molar-refractivity contribution is 0.925. The first kappa shape index (κ1) is 7.98. The quantitative estimate of drug-likeness (QED) is 0.509. The average molecular weight is 175 g/mol. The molecule has 0 unspecified atom stereocenters. The van der Waals surface area contributed by atoms with Crippen LogP contribution in [0.25, 0.3) is 10.9 Å². The van der Waals surface area contributed by atoms with Crippen LogP contribution in [-0.4, -0.2) is 4.68 Å². The van der Waals surface area contributed by atoms with Crippen molar-refractivity contribution in [1.29, 1.82) is 0 Å². The van der Waals surface area contributed by atoms with Gasteiger partial charge < -0.3 is 11.6 Å². The van der Waals surface area contributed by atoms with Gasteiger partial charge in [0.15, 0.2) is 0 Å². The van der Waals surface area contributed by atoms with E-state index in [1.165, 1.54) is 0 Å². The predicted octanol–water partition coefficient (Wildman–Crippen LogP) is 1.50. The first-order valence-electron chi connectivity index (χ1n) is 4.38. The number of hydrogen-bond donors (Lipinski definition) is 2. The molecule has 0 amide bonds.